The monoisotopic (exact) mass is 274 g/mol. The summed E-state index contributed by atoms with van der Waals surface area (Å²) in [5, 5.41) is 0. The minimum atomic E-state index is -0.206. The molecular formula is C15H18N2O3. The molecule has 1 atom stereocenters. The van der Waals surface area contributed by atoms with Crippen molar-refractivity contribution in [2.24, 2.45) is 5.84 Å². The van der Waals surface area contributed by atoms with Crippen molar-refractivity contribution >= 4 is 0 Å². The number of ether oxygens (including phenoxy) is 2. The minimum Gasteiger partial charge on any atom is -0.490 e. The average molecular weight is 274 g/mol. The Hall–Kier alpha value is -1.98. The summed E-state index contributed by atoms with van der Waals surface area (Å²) in [6.45, 7) is 3.34. The van der Waals surface area contributed by atoms with E-state index in [0.717, 1.165) is 34.8 Å². The Bertz CT molecular complexity index is 595. The summed E-state index contributed by atoms with van der Waals surface area (Å²) in [6.07, 6.45) is 2.55. The van der Waals surface area contributed by atoms with Crippen molar-refractivity contribution in [2.45, 2.75) is 19.4 Å². The lowest BCUT2D eigenvalue weighted by Crippen LogP contribution is -2.29. The Labute approximate surface area is 117 Å². The molecule has 0 saturated carbocycles. The quantitative estimate of drug-likeness (QED) is 0.664. The molecule has 20 heavy (non-hydrogen) atoms. The van der Waals surface area contributed by atoms with Crippen molar-refractivity contribution in [2.75, 3.05) is 13.2 Å². The molecule has 1 aliphatic rings. The van der Waals surface area contributed by atoms with Crippen LogP contribution in [0.4, 0.5) is 0 Å². The predicted octanol–water partition coefficient (Wildman–Crippen LogP) is 2.30. The van der Waals surface area contributed by atoms with Gasteiger partial charge in [-0.05, 0) is 36.2 Å². The summed E-state index contributed by atoms with van der Waals surface area (Å²) < 4.78 is 16.9. The second-order valence-electron chi connectivity index (χ2n) is 4.82. The van der Waals surface area contributed by atoms with E-state index < -0.39 is 0 Å². The van der Waals surface area contributed by atoms with Crippen LogP contribution in [0.25, 0.3) is 0 Å². The first kappa shape index (κ1) is 13.0. The van der Waals surface area contributed by atoms with Crippen molar-refractivity contribution in [1.29, 1.82) is 0 Å². The van der Waals surface area contributed by atoms with E-state index in [1.165, 1.54) is 0 Å². The molecule has 1 aromatic heterocycles. The number of hydrazine groups is 1. The molecule has 0 spiro atoms. The second kappa shape index (κ2) is 5.56. The lowest BCUT2D eigenvalue weighted by Gasteiger charge is -2.17. The molecule has 0 amide bonds. The summed E-state index contributed by atoms with van der Waals surface area (Å²) in [5.74, 6) is 8.03. The summed E-state index contributed by atoms with van der Waals surface area (Å²) in [7, 11) is 0. The highest BCUT2D eigenvalue weighted by Crippen LogP contribution is 2.34. The van der Waals surface area contributed by atoms with Crippen molar-refractivity contribution in [1.82, 2.24) is 5.43 Å². The fourth-order valence-electron chi connectivity index (χ4n) is 2.36. The first-order valence-electron chi connectivity index (χ1n) is 6.69. The van der Waals surface area contributed by atoms with Crippen molar-refractivity contribution < 1.29 is 13.9 Å². The number of furan rings is 1. The van der Waals surface area contributed by atoms with Gasteiger partial charge >= 0.3 is 0 Å². The molecule has 0 saturated heterocycles. The molecular weight excluding hydrogens is 256 g/mol. The number of nitrogens with two attached hydrogens (primary N) is 1. The minimum absolute atomic E-state index is 0.206. The van der Waals surface area contributed by atoms with Crippen LogP contribution in [0.3, 0.4) is 0 Å². The van der Waals surface area contributed by atoms with Crippen molar-refractivity contribution in [3.63, 3.8) is 0 Å². The van der Waals surface area contributed by atoms with Crippen LogP contribution in [0.1, 0.15) is 29.3 Å². The number of hydrogen-bond acceptors (Lipinski definition) is 5. The fourth-order valence-corrected chi connectivity index (χ4v) is 2.36. The molecule has 0 radical (unpaired) electrons. The standard InChI is InChI=1S/C15H18N2O3/c1-10-5-8-20-15(10)14(17-16)11-3-4-12-13(9-11)19-7-2-6-18-12/h3-5,8-9,14,17H,2,6-7,16H2,1H3. The zero-order chi connectivity index (χ0) is 13.9. The van der Waals surface area contributed by atoms with Gasteiger partial charge in [0.1, 0.15) is 11.8 Å². The van der Waals surface area contributed by atoms with Crippen LogP contribution in [0.2, 0.25) is 0 Å². The largest absolute Gasteiger partial charge is 0.490 e. The number of hydrogen-bond donors (Lipinski definition) is 2. The third kappa shape index (κ3) is 2.37. The van der Waals surface area contributed by atoms with Crippen LogP contribution in [0.15, 0.2) is 34.9 Å². The molecule has 2 heterocycles. The fraction of sp³-hybridized carbons (Fsp3) is 0.333. The van der Waals surface area contributed by atoms with E-state index in [2.05, 4.69) is 5.43 Å². The molecule has 0 aliphatic carbocycles. The maximum atomic E-state index is 5.71. The molecule has 1 unspecified atom stereocenters. The first-order chi connectivity index (χ1) is 9.79. The summed E-state index contributed by atoms with van der Waals surface area (Å²) in [6, 6.07) is 7.55. The molecule has 5 heteroatoms. The molecule has 3 rings (SSSR count). The Morgan fingerprint density at radius 3 is 2.65 bits per heavy atom. The Balaban J connectivity index is 1.96. The van der Waals surface area contributed by atoms with Crippen LogP contribution in [-0.4, -0.2) is 13.2 Å². The molecule has 1 aromatic carbocycles. The number of rotatable bonds is 3. The molecule has 2 aromatic rings. The van der Waals surface area contributed by atoms with E-state index in [0.29, 0.717) is 13.2 Å². The van der Waals surface area contributed by atoms with Gasteiger partial charge in [-0.2, -0.15) is 0 Å². The van der Waals surface area contributed by atoms with Gasteiger partial charge in [-0.25, -0.2) is 5.43 Å². The summed E-state index contributed by atoms with van der Waals surface area (Å²) in [4.78, 5) is 0. The second-order valence-corrected chi connectivity index (χ2v) is 4.82. The summed E-state index contributed by atoms with van der Waals surface area (Å²) >= 11 is 0. The number of benzene rings is 1. The molecule has 0 bridgehead atoms. The molecule has 106 valence electrons. The lowest BCUT2D eigenvalue weighted by atomic mass is 10.0. The average Bonchev–Trinajstić information content (AvgIpc) is 2.75. The zero-order valence-electron chi connectivity index (χ0n) is 11.4. The topological polar surface area (TPSA) is 69.7 Å². The number of nitrogens with one attached hydrogen (secondary N) is 1. The van der Waals surface area contributed by atoms with Crippen molar-refractivity contribution in [3.05, 3.63) is 47.4 Å². The Morgan fingerprint density at radius 2 is 1.95 bits per heavy atom. The third-order valence-corrected chi connectivity index (χ3v) is 3.44. The van der Waals surface area contributed by atoms with Crippen LogP contribution < -0.4 is 20.7 Å². The highest BCUT2D eigenvalue weighted by atomic mass is 16.5. The van der Waals surface area contributed by atoms with E-state index in [4.69, 9.17) is 19.7 Å². The Morgan fingerprint density at radius 1 is 1.15 bits per heavy atom. The maximum absolute atomic E-state index is 5.71. The lowest BCUT2D eigenvalue weighted by molar-refractivity contribution is 0.297. The van der Waals surface area contributed by atoms with Crippen LogP contribution in [0, 0.1) is 6.92 Å². The normalized spacial score (nSPS) is 15.7. The van der Waals surface area contributed by atoms with Crippen LogP contribution >= 0.6 is 0 Å². The van der Waals surface area contributed by atoms with Gasteiger partial charge in [-0.15, -0.1) is 0 Å². The van der Waals surface area contributed by atoms with Gasteiger partial charge in [-0.1, -0.05) is 6.07 Å². The predicted molar refractivity (Wildman–Crippen MR) is 74.7 cm³/mol. The van der Waals surface area contributed by atoms with E-state index in [1.807, 2.05) is 31.2 Å². The molecule has 3 N–H and O–H groups in total. The smallest absolute Gasteiger partial charge is 0.161 e. The molecule has 5 nitrogen and oxygen atoms in total. The van der Waals surface area contributed by atoms with Gasteiger partial charge < -0.3 is 13.9 Å². The van der Waals surface area contributed by atoms with Crippen LogP contribution in [0.5, 0.6) is 11.5 Å². The van der Waals surface area contributed by atoms with Gasteiger partial charge in [0.2, 0.25) is 0 Å². The summed E-state index contributed by atoms with van der Waals surface area (Å²) in [5.41, 5.74) is 4.83. The highest BCUT2D eigenvalue weighted by Gasteiger charge is 2.20. The SMILES string of the molecule is Cc1ccoc1C(NN)c1ccc2c(c1)OCCCO2. The Kier molecular flexibility index (Phi) is 3.62. The van der Waals surface area contributed by atoms with Gasteiger partial charge in [0.15, 0.2) is 11.5 Å². The maximum Gasteiger partial charge on any atom is 0.161 e. The first-order valence-corrected chi connectivity index (χ1v) is 6.69. The third-order valence-electron chi connectivity index (χ3n) is 3.44. The number of fused-ring (bicyclic) bond motifs is 1. The van der Waals surface area contributed by atoms with Gasteiger partial charge in [-0.3, -0.25) is 5.84 Å². The van der Waals surface area contributed by atoms with Crippen molar-refractivity contribution in [3.8, 4) is 11.5 Å². The number of aryl methyl sites for hydroxylation is 1. The van der Waals surface area contributed by atoms with E-state index in [9.17, 15) is 0 Å². The van der Waals surface area contributed by atoms with Crippen LogP contribution in [-0.2, 0) is 0 Å². The molecule has 1 aliphatic heterocycles. The molecule has 0 fully saturated rings. The van der Waals surface area contributed by atoms with E-state index >= 15 is 0 Å². The van der Waals surface area contributed by atoms with E-state index in [1.54, 1.807) is 6.26 Å². The van der Waals surface area contributed by atoms with Gasteiger partial charge in [0.05, 0.1) is 19.5 Å². The zero-order valence-corrected chi connectivity index (χ0v) is 11.4. The van der Waals surface area contributed by atoms with Gasteiger partial charge in [0, 0.05) is 6.42 Å². The van der Waals surface area contributed by atoms with E-state index in [-0.39, 0.29) is 6.04 Å². The highest BCUT2D eigenvalue weighted by molar-refractivity contribution is 5.46. The van der Waals surface area contributed by atoms with Gasteiger partial charge in [0.25, 0.3) is 0 Å².